The fourth-order valence-electron chi connectivity index (χ4n) is 2.59. The fraction of sp³-hybridized carbons (Fsp3) is 0.348. The Morgan fingerprint density at radius 3 is 2.48 bits per heavy atom. The van der Waals surface area contributed by atoms with Gasteiger partial charge in [-0.1, -0.05) is 13.0 Å². The molecule has 0 aromatic heterocycles. The predicted molar refractivity (Wildman–Crippen MR) is 126 cm³/mol. The number of methoxy groups -OCH3 is 1. The van der Waals surface area contributed by atoms with Gasteiger partial charge in [0, 0.05) is 37.1 Å². The third-order valence-corrected chi connectivity index (χ3v) is 4.66. The monoisotopic (exact) mass is 443 g/mol. The quantitative estimate of drug-likeness (QED) is 0.383. The second-order valence-electron chi connectivity index (χ2n) is 6.95. The number of carbonyl (C=O) groups is 2. The molecule has 0 aliphatic rings. The van der Waals surface area contributed by atoms with Crippen molar-refractivity contribution in [1.29, 1.82) is 0 Å². The lowest BCUT2D eigenvalue weighted by Gasteiger charge is -2.14. The molecule has 0 saturated carbocycles. The first-order valence-corrected chi connectivity index (χ1v) is 10.6. The molecule has 166 valence electrons. The molecular weight excluding hydrogens is 414 g/mol. The maximum Gasteiger partial charge on any atom is 0.257 e. The van der Waals surface area contributed by atoms with E-state index in [1.54, 1.807) is 49.6 Å². The van der Waals surface area contributed by atoms with E-state index in [2.05, 4.69) is 16.0 Å². The molecule has 8 heteroatoms. The van der Waals surface area contributed by atoms with Gasteiger partial charge in [0.05, 0.1) is 6.10 Å². The summed E-state index contributed by atoms with van der Waals surface area (Å²) in [5.74, 6) is 0.147. The van der Waals surface area contributed by atoms with Crippen LogP contribution in [0.1, 0.15) is 47.4 Å². The number of benzene rings is 2. The summed E-state index contributed by atoms with van der Waals surface area (Å²) in [6.45, 7) is 5.16. The van der Waals surface area contributed by atoms with E-state index in [-0.39, 0.29) is 23.0 Å². The zero-order valence-corrected chi connectivity index (χ0v) is 18.9. The maximum absolute atomic E-state index is 12.5. The largest absolute Gasteiger partial charge is 0.491 e. The van der Waals surface area contributed by atoms with Crippen molar-refractivity contribution in [3.63, 3.8) is 0 Å². The molecule has 0 fully saturated rings. The Morgan fingerprint density at radius 1 is 1.06 bits per heavy atom. The van der Waals surface area contributed by atoms with Crippen molar-refractivity contribution in [3.8, 4) is 5.75 Å². The Kier molecular flexibility index (Phi) is 9.93. The zero-order chi connectivity index (χ0) is 22.6. The molecule has 0 radical (unpaired) electrons. The van der Waals surface area contributed by atoms with E-state index in [1.807, 2.05) is 19.9 Å². The maximum atomic E-state index is 12.5. The van der Waals surface area contributed by atoms with Crippen molar-refractivity contribution >= 4 is 34.8 Å². The summed E-state index contributed by atoms with van der Waals surface area (Å²) >= 11 is 5.23. The van der Waals surface area contributed by atoms with Gasteiger partial charge in [0.1, 0.15) is 5.75 Å². The molecule has 0 aliphatic heterocycles. The van der Waals surface area contributed by atoms with Crippen molar-refractivity contribution in [2.24, 2.45) is 0 Å². The van der Waals surface area contributed by atoms with Crippen LogP contribution >= 0.6 is 12.2 Å². The molecule has 0 saturated heterocycles. The van der Waals surface area contributed by atoms with Crippen LogP contribution in [0.5, 0.6) is 5.75 Å². The Labute approximate surface area is 188 Å². The number of carbonyl (C=O) groups excluding carboxylic acids is 2. The molecule has 2 aromatic carbocycles. The van der Waals surface area contributed by atoms with E-state index >= 15 is 0 Å². The number of rotatable bonds is 10. The molecule has 7 nitrogen and oxygen atoms in total. The molecule has 2 rings (SSSR count). The topological polar surface area (TPSA) is 88.7 Å². The summed E-state index contributed by atoms with van der Waals surface area (Å²) in [4.78, 5) is 24.6. The summed E-state index contributed by atoms with van der Waals surface area (Å²) in [6, 6.07) is 13.8. The minimum Gasteiger partial charge on any atom is -0.491 e. The summed E-state index contributed by atoms with van der Waals surface area (Å²) in [7, 11) is 1.62. The van der Waals surface area contributed by atoms with Crippen molar-refractivity contribution in [3.05, 3.63) is 59.7 Å². The molecule has 0 spiro atoms. The van der Waals surface area contributed by atoms with E-state index < -0.39 is 0 Å². The van der Waals surface area contributed by atoms with Gasteiger partial charge in [0.15, 0.2) is 5.11 Å². The second kappa shape index (κ2) is 12.7. The van der Waals surface area contributed by atoms with Gasteiger partial charge in [-0.2, -0.15) is 0 Å². The van der Waals surface area contributed by atoms with Gasteiger partial charge in [-0.3, -0.25) is 14.9 Å². The third-order valence-electron chi connectivity index (χ3n) is 4.45. The van der Waals surface area contributed by atoms with E-state index in [0.29, 0.717) is 35.7 Å². The van der Waals surface area contributed by atoms with Crippen LogP contribution in [0.2, 0.25) is 0 Å². The Hall–Kier alpha value is -2.97. The Morgan fingerprint density at radius 2 is 1.81 bits per heavy atom. The first-order valence-electron chi connectivity index (χ1n) is 10.2. The van der Waals surface area contributed by atoms with Crippen LogP contribution in [0, 0.1) is 0 Å². The number of ether oxygens (including phenoxy) is 2. The highest BCUT2D eigenvalue weighted by Crippen LogP contribution is 2.16. The summed E-state index contributed by atoms with van der Waals surface area (Å²) in [6.07, 6.45) is 1.69. The van der Waals surface area contributed by atoms with Gasteiger partial charge in [0.25, 0.3) is 11.8 Å². The molecule has 2 aromatic rings. The van der Waals surface area contributed by atoms with E-state index in [4.69, 9.17) is 21.7 Å². The summed E-state index contributed by atoms with van der Waals surface area (Å²) < 4.78 is 10.7. The highest BCUT2D eigenvalue weighted by atomic mass is 32.1. The van der Waals surface area contributed by atoms with Crippen molar-refractivity contribution in [1.82, 2.24) is 10.6 Å². The fourth-order valence-corrected chi connectivity index (χ4v) is 2.80. The van der Waals surface area contributed by atoms with Crippen LogP contribution in [-0.4, -0.2) is 43.3 Å². The third kappa shape index (κ3) is 8.35. The number of hydrogen-bond acceptors (Lipinski definition) is 5. The predicted octanol–water partition coefficient (Wildman–Crippen LogP) is 3.76. The van der Waals surface area contributed by atoms with Gasteiger partial charge in [0.2, 0.25) is 0 Å². The molecule has 1 atom stereocenters. The van der Waals surface area contributed by atoms with Crippen LogP contribution in [-0.2, 0) is 4.74 Å². The average molecular weight is 444 g/mol. The Bertz CT molecular complexity index is 887. The van der Waals surface area contributed by atoms with Crippen molar-refractivity contribution < 1.29 is 19.1 Å². The van der Waals surface area contributed by atoms with E-state index in [0.717, 1.165) is 12.8 Å². The summed E-state index contributed by atoms with van der Waals surface area (Å²) in [5.41, 5.74) is 1.65. The SMILES string of the molecule is CCC(C)Oc1cccc(C(=O)NC(=S)Nc2ccc(C(=O)NCCCOC)cc2)c1. The number of amides is 2. The lowest BCUT2D eigenvalue weighted by Crippen LogP contribution is -2.34. The zero-order valence-electron chi connectivity index (χ0n) is 18.1. The average Bonchev–Trinajstić information content (AvgIpc) is 2.77. The normalized spacial score (nSPS) is 11.3. The molecule has 0 aliphatic carbocycles. The molecule has 2 amide bonds. The van der Waals surface area contributed by atoms with Crippen molar-refractivity contribution in [2.75, 3.05) is 25.6 Å². The number of anilines is 1. The smallest absolute Gasteiger partial charge is 0.257 e. The molecule has 31 heavy (non-hydrogen) atoms. The molecular formula is C23H29N3O4S. The lowest BCUT2D eigenvalue weighted by molar-refractivity contribution is 0.0946. The first kappa shape index (κ1) is 24.3. The minimum atomic E-state index is -0.334. The van der Waals surface area contributed by atoms with Gasteiger partial charge in [-0.05, 0) is 74.4 Å². The minimum absolute atomic E-state index is 0.0662. The van der Waals surface area contributed by atoms with Crippen LogP contribution in [0.15, 0.2) is 48.5 Å². The van der Waals surface area contributed by atoms with Crippen LogP contribution in [0.3, 0.4) is 0 Å². The van der Waals surface area contributed by atoms with E-state index in [9.17, 15) is 9.59 Å². The lowest BCUT2D eigenvalue weighted by atomic mass is 10.2. The van der Waals surface area contributed by atoms with Gasteiger partial charge >= 0.3 is 0 Å². The number of thiocarbonyl (C=S) groups is 1. The van der Waals surface area contributed by atoms with Gasteiger partial charge in [-0.25, -0.2) is 0 Å². The molecule has 0 bridgehead atoms. The number of nitrogens with one attached hydrogen (secondary N) is 3. The van der Waals surface area contributed by atoms with E-state index in [1.165, 1.54) is 0 Å². The second-order valence-corrected chi connectivity index (χ2v) is 7.36. The summed E-state index contributed by atoms with van der Waals surface area (Å²) in [5, 5.41) is 8.58. The first-order chi connectivity index (χ1) is 14.9. The van der Waals surface area contributed by atoms with Crippen LogP contribution in [0.25, 0.3) is 0 Å². The highest BCUT2D eigenvalue weighted by molar-refractivity contribution is 7.80. The molecule has 3 N–H and O–H groups in total. The molecule has 1 unspecified atom stereocenters. The molecule has 0 heterocycles. The highest BCUT2D eigenvalue weighted by Gasteiger charge is 2.11. The van der Waals surface area contributed by atoms with Crippen LogP contribution < -0.4 is 20.7 Å². The van der Waals surface area contributed by atoms with Gasteiger partial charge in [-0.15, -0.1) is 0 Å². The standard InChI is InChI=1S/C23H29N3O4S/c1-4-16(2)30-20-8-5-7-18(15-20)22(28)26-23(31)25-19-11-9-17(10-12-19)21(27)24-13-6-14-29-3/h5,7-12,15-16H,4,6,13-14H2,1-3H3,(H,24,27)(H2,25,26,28,31). The Balaban J connectivity index is 1.87. The van der Waals surface area contributed by atoms with Gasteiger partial charge < -0.3 is 20.1 Å². The van der Waals surface area contributed by atoms with Crippen molar-refractivity contribution in [2.45, 2.75) is 32.8 Å². The number of hydrogen-bond donors (Lipinski definition) is 3. The van der Waals surface area contributed by atoms with Crippen LogP contribution in [0.4, 0.5) is 5.69 Å².